The van der Waals surface area contributed by atoms with Gasteiger partial charge < -0.3 is 10.4 Å². The maximum Gasteiger partial charge on any atom is 0.115 e. The molecular weight excluding hydrogens is 314 g/mol. The van der Waals surface area contributed by atoms with E-state index >= 15 is 0 Å². The molecule has 2 aromatic rings. The monoisotopic (exact) mass is 334 g/mol. The Hall–Kier alpha value is -1.32. The Labute approximate surface area is 129 Å². The van der Waals surface area contributed by atoms with Crippen LogP contribution in [0, 0.1) is 0 Å². The van der Waals surface area contributed by atoms with E-state index in [1.807, 2.05) is 12.1 Å². The first-order valence-corrected chi connectivity index (χ1v) is 7.78. The molecule has 20 heavy (non-hydrogen) atoms. The van der Waals surface area contributed by atoms with E-state index in [1.165, 1.54) is 11.1 Å². The summed E-state index contributed by atoms with van der Waals surface area (Å²) in [7, 11) is 0. The van der Waals surface area contributed by atoms with Crippen molar-refractivity contribution >= 4 is 15.9 Å². The van der Waals surface area contributed by atoms with Crippen LogP contribution in [-0.2, 0) is 13.0 Å². The van der Waals surface area contributed by atoms with Crippen molar-refractivity contribution in [2.24, 2.45) is 0 Å². The minimum atomic E-state index is 0.337. The summed E-state index contributed by atoms with van der Waals surface area (Å²) in [6.07, 6.45) is 2.19. The van der Waals surface area contributed by atoms with Gasteiger partial charge >= 0.3 is 0 Å². The van der Waals surface area contributed by atoms with E-state index in [1.54, 1.807) is 12.1 Å². The third kappa shape index (κ3) is 4.99. The van der Waals surface area contributed by atoms with Crippen LogP contribution in [0.15, 0.2) is 53.0 Å². The van der Waals surface area contributed by atoms with E-state index in [0.29, 0.717) is 11.8 Å². The van der Waals surface area contributed by atoms with Crippen LogP contribution >= 0.6 is 15.9 Å². The second-order valence-corrected chi connectivity index (χ2v) is 6.16. The van der Waals surface area contributed by atoms with E-state index < -0.39 is 0 Å². The molecule has 0 aromatic heterocycles. The lowest BCUT2D eigenvalue weighted by Crippen LogP contribution is -2.87. The quantitative estimate of drug-likeness (QED) is 0.835. The molecule has 0 bridgehead atoms. The standard InChI is InChI=1S/C17H20BrNO/c1-13(2-3-14-6-10-17(20)11-7-14)19-12-15-4-8-16(18)9-5-15/h4-11,13,19-20H,2-3,12H2,1H3/p+1/t13-/m1/s1. The second-order valence-electron chi connectivity index (χ2n) is 5.25. The molecule has 3 N–H and O–H groups in total. The maximum atomic E-state index is 9.25. The van der Waals surface area contributed by atoms with Gasteiger partial charge in [0.05, 0.1) is 6.04 Å². The highest BCUT2D eigenvalue weighted by Crippen LogP contribution is 2.12. The van der Waals surface area contributed by atoms with Crippen molar-refractivity contribution in [2.75, 3.05) is 0 Å². The molecule has 0 saturated carbocycles. The lowest BCUT2D eigenvalue weighted by molar-refractivity contribution is -0.701. The van der Waals surface area contributed by atoms with Gasteiger partial charge in [0.1, 0.15) is 12.3 Å². The van der Waals surface area contributed by atoms with Crippen LogP contribution < -0.4 is 5.32 Å². The highest BCUT2D eigenvalue weighted by Gasteiger charge is 2.06. The molecule has 0 aliphatic rings. The smallest absolute Gasteiger partial charge is 0.115 e. The molecule has 2 rings (SSSR count). The van der Waals surface area contributed by atoms with Gasteiger partial charge in [-0.25, -0.2) is 0 Å². The number of aromatic hydroxyl groups is 1. The number of benzene rings is 2. The zero-order valence-corrected chi connectivity index (χ0v) is 13.3. The number of rotatable bonds is 6. The normalized spacial score (nSPS) is 12.3. The Morgan fingerprint density at radius 3 is 2.25 bits per heavy atom. The van der Waals surface area contributed by atoms with Crippen molar-refractivity contribution in [2.45, 2.75) is 32.4 Å². The predicted octanol–water partition coefficient (Wildman–Crippen LogP) is 3.24. The Balaban J connectivity index is 1.73. The first-order valence-electron chi connectivity index (χ1n) is 6.99. The van der Waals surface area contributed by atoms with Gasteiger partial charge in [-0.1, -0.05) is 40.2 Å². The van der Waals surface area contributed by atoms with Crippen LogP contribution in [0.2, 0.25) is 0 Å². The van der Waals surface area contributed by atoms with Gasteiger partial charge in [-0.2, -0.15) is 0 Å². The SMILES string of the molecule is C[C@H](CCc1ccc(O)cc1)[NH2+]Cc1ccc(Br)cc1. The fourth-order valence-electron chi connectivity index (χ4n) is 2.13. The average molecular weight is 335 g/mol. The van der Waals surface area contributed by atoms with Crippen molar-refractivity contribution in [1.82, 2.24) is 0 Å². The van der Waals surface area contributed by atoms with Gasteiger partial charge in [-0.3, -0.25) is 0 Å². The lowest BCUT2D eigenvalue weighted by Gasteiger charge is -2.11. The topological polar surface area (TPSA) is 36.8 Å². The molecule has 0 amide bonds. The highest BCUT2D eigenvalue weighted by atomic mass is 79.9. The number of quaternary nitrogens is 1. The highest BCUT2D eigenvalue weighted by molar-refractivity contribution is 9.10. The molecule has 2 nitrogen and oxygen atoms in total. The summed E-state index contributed by atoms with van der Waals surface area (Å²) in [6, 6.07) is 16.6. The van der Waals surface area contributed by atoms with Crippen molar-refractivity contribution in [1.29, 1.82) is 0 Å². The fraction of sp³-hybridized carbons (Fsp3) is 0.294. The van der Waals surface area contributed by atoms with E-state index in [9.17, 15) is 5.11 Å². The van der Waals surface area contributed by atoms with Gasteiger partial charge in [0, 0.05) is 16.5 Å². The van der Waals surface area contributed by atoms with E-state index in [-0.39, 0.29) is 0 Å². The first kappa shape index (κ1) is 15.1. The fourth-order valence-corrected chi connectivity index (χ4v) is 2.40. The van der Waals surface area contributed by atoms with Crippen LogP contribution in [0.5, 0.6) is 5.75 Å². The molecule has 0 heterocycles. The Kier molecular flexibility index (Phi) is 5.62. The molecule has 0 fully saturated rings. The van der Waals surface area contributed by atoms with Crippen LogP contribution in [-0.4, -0.2) is 11.1 Å². The van der Waals surface area contributed by atoms with E-state index in [2.05, 4.69) is 52.4 Å². The van der Waals surface area contributed by atoms with Crippen molar-refractivity contribution in [3.63, 3.8) is 0 Å². The molecule has 0 spiro atoms. The largest absolute Gasteiger partial charge is 0.508 e. The number of hydrogen-bond donors (Lipinski definition) is 2. The number of nitrogens with two attached hydrogens (primary N) is 1. The van der Waals surface area contributed by atoms with Crippen LogP contribution in [0.1, 0.15) is 24.5 Å². The molecule has 2 aromatic carbocycles. The first-order chi connectivity index (χ1) is 9.63. The zero-order chi connectivity index (χ0) is 14.4. The third-order valence-corrected chi connectivity index (χ3v) is 4.02. The molecule has 0 radical (unpaired) electrons. The summed E-state index contributed by atoms with van der Waals surface area (Å²) in [6.45, 7) is 3.28. The van der Waals surface area contributed by atoms with Gasteiger partial charge in [0.25, 0.3) is 0 Å². The van der Waals surface area contributed by atoms with Crippen molar-refractivity contribution in [3.05, 3.63) is 64.1 Å². The summed E-state index contributed by atoms with van der Waals surface area (Å²) in [4.78, 5) is 0. The molecule has 3 heteroatoms. The predicted molar refractivity (Wildman–Crippen MR) is 85.7 cm³/mol. The molecule has 0 saturated heterocycles. The molecule has 0 aliphatic heterocycles. The van der Waals surface area contributed by atoms with Crippen molar-refractivity contribution < 1.29 is 10.4 Å². The van der Waals surface area contributed by atoms with Gasteiger partial charge in [0.15, 0.2) is 0 Å². The molecular formula is C17H21BrNO+. The lowest BCUT2D eigenvalue weighted by atomic mass is 10.1. The second kappa shape index (κ2) is 7.46. The van der Waals surface area contributed by atoms with Crippen LogP contribution in [0.25, 0.3) is 0 Å². The minimum absolute atomic E-state index is 0.337. The Morgan fingerprint density at radius 1 is 1.00 bits per heavy atom. The summed E-state index contributed by atoms with van der Waals surface area (Å²) in [5.74, 6) is 0.337. The summed E-state index contributed by atoms with van der Waals surface area (Å²) in [5.41, 5.74) is 2.64. The summed E-state index contributed by atoms with van der Waals surface area (Å²) >= 11 is 3.45. The van der Waals surface area contributed by atoms with Crippen LogP contribution in [0.4, 0.5) is 0 Å². The maximum absolute atomic E-state index is 9.25. The number of hydrogen-bond acceptors (Lipinski definition) is 1. The summed E-state index contributed by atoms with van der Waals surface area (Å²) < 4.78 is 1.13. The van der Waals surface area contributed by atoms with E-state index in [0.717, 1.165) is 23.9 Å². The summed E-state index contributed by atoms with van der Waals surface area (Å²) in [5, 5.41) is 11.6. The van der Waals surface area contributed by atoms with Gasteiger partial charge in [-0.15, -0.1) is 0 Å². The number of aryl methyl sites for hydroxylation is 1. The van der Waals surface area contributed by atoms with Crippen molar-refractivity contribution in [3.8, 4) is 5.75 Å². The number of phenols is 1. The molecule has 106 valence electrons. The zero-order valence-electron chi connectivity index (χ0n) is 11.7. The van der Waals surface area contributed by atoms with Gasteiger partial charge in [0.2, 0.25) is 0 Å². The Morgan fingerprint density at radius 2 is 1.60 bits per heavy atom. The van der Waals surface area contributed by atoms with E-state index in [4.69, 9.17) is 0 Å². The minimum Gasteiger partial charge on any atom is -0.508 e. The van der Waals surface area contributed by atoms with Crippen LogP contribution in [0.3, 0.4) is 0 Å². The average Bonchev–Trinajstić information content (AvgIpc) is 2.46. The number of halogens is 1. The molecule has 0 unspecified atom stereocenters. The molecule has 1 atom stereocenters. The molecule has 0 aliphatic carbocycles. The Bertz CT molecular complexity index is 472. The van der Waals surface area contributed by atoms with Gasteiger partial charge in [-0.05, 0) is 43.2 Å². The number of phenolic OH excluding ortho intramolecular Hbond substituents is 1. The third-order valence-electron chi connectivity index (χ3n) is 3.49.